The van der Waals surface area contributed by atoms with Crippen molar-refractivity contribution >= 4 is 0 Å². The number of hydrogen-bond donors (Lipinski definition) is 3. The summed E-state index contributed by atoms with van der Waals surface area (Å²) in [5.41, 5.74) is 0. The van der Waals surface area contributed by atoms with E-state index in [9.17, 15) is 0 Å². The Kier molecular flexibility index (Phi) is 6.15. The van der Waals surface area contributed by atoms with E-state index in [0.29, 0.717) is 6.61 Å². The van der Waals surface area contributed by atoms with E-state index < -0.39 is 0 Å². The van der Waals surface area contributed by atoms with Crippen LogP contribution in [0.2, 0.25) is 0 Å². The highest BCUT2D eigenvalue weighted by atomic mass is 16.2. The van der Waals surface area contributed by atoms with Crippen LogP contribution in [0.15, 0.2) is 0 Å². The molecule has 3 heteroatoms. The second-order valence-electron chi connectivity index (χ2n) is 3.85. The van der Waals surface area contributed by atoms with Crippen molar-refractivity contribution < 1.29 is 5.11 Å². The molecule has 1 aliphatic heterocycles. The molecule has 3 N–H and O–H groups in total. The van der Waals surface area contributed by atoms with Gasteiger partial charge in [-0.1, -0.05) is 0 Å². The molecule has 0 amide bonds. The summed E-state index contributed by atoms with van der Waals surface area (Å²) in [6, 6.07) is 0. The molecule has 0 radical (unpaired) electrons. The molecule has 0 spiro atoms. The second-order valence-corrected chi connectivity index (χ2v) is 3.85. The lowest BCUT2D eigenvalue weighted by molar-refractivity contribution is 0.282. The lowest BCUT2D eigenvalue weighted by Gasteiger charge is -2.22. The van der Waals surface area contributed by atoms with Gasteiger partial charge in [0.05, 0.1) is 0 Å². The van der Waals surface area contributed by atoms with Crippen molar-refractivity contribution in [3.63, 3.8) is 0 Å². The van der Waals surface area contributed by atoms with Crippen molar-refractivity contribution in [2.75, 3.05) is 32.8 Å². The van der Waals surface area contributed by atoms with Crippen LogP contribution in [0.5, 0.6) is 0 Å². The Morgan fingerprint density at radius 3 is 3.00 bits per heavy atom. The lowest BCUT2D eigenvalue weighted by atomic mass is 10.00. The molecule has 0 aromatic heterocycles. The summed E-state index contributed by atoms with van der Waals surface area (Å²) in [6.07, 6.45) is 4.70. The van der Waals surface area contributed by atoms with Gasteiger partial charge in [-0.3, -0.25) is 0 Å². The Morgan fingerprint density at radius 1 is 1.38 bits per heavy atom. The molecular weight excluding hydrogens is 164 g/mol. The minimum absolute atomic E-state index is 0.326. The third-order valence-corrected chi connectivity index (χ3v) is 2.59. The number of piperidine rings is 1. The Balaban J connectivity index is 1.86. The smallest absolute Gasteiger partial charge is 0.0431 e. The number of rotatable bonds is 6. The van der Waals surface area contributed by atoms with E-state index in [1.54, 1.807) is 0 Å². The first-order valence-electron chi connectivity index (χ1n) is 5.46. The topological polar surface area (TPSA) is 44.3 Å². The van der Waals surface area contributed by atoms with Gasteiger partial charge in [-0.2, -0.15) is 0 Å². The Bertz CT molecular complexity index is 113. The lowest BCUT2D eigenvalue weighted by Crippen LogP contribution is -2.36. The zero-order valence-corrected chi connectivity index (χ0v) is 8.39. The molecule has 0 bridgehead atoms. The van der Waals surface area contributed by atoms with Crippen molar-refractivity contribution in [2.45, 2.75) is 25.7 Å². The van der Waals surface area contributed by atoms with Gasteiger partial charge in [0.25, 0.3) is 0 Å². The van der Waals surface area contributed by atoms with Crippen LogP contribution in [0.3, 0.4) is 0 Å². The number of aliphatic hydroxyl groups is 1. The van der Waals surface area contributed by atoms with Gasteiger partial charge in [0.2, 0.25) is 0 Å². The first kappa shape index (κ1) is 11.0. The van der Waals surface area contributed by atoms with Crippen molar-refractivity contribution in [2.24, 2.45) is 5.92 Å². The maximum atomic E-state index is 8.58. The summed E-state index contributed by atoms with van der Waals surface area (Å²) in [5, 5.41) is 15.4. The minimum atomic E-state index is 0.326. The van der Waals surface area contributed by atoms with E-state index in [1.807, 2.05) is 0 Å². The summed E-state index contributed by atoms with van der Waals surface area (Å²) in [5.74, 6) is 0.822. The average molecular weight is 186 g/mol. The highest BCUT2D eigenvalue weighted by molar-refractivity contribution is 4.70. The fourth-order valence-electron chi connectivity index (χ4n) is 1.77. The van der Waals surface area contributed by atoms with Crippen LogP contribution in [-0.4, -0.2) is 37.9 Å². The predicted octanol–water partition coefficient (Wildman–Crippen LogP) is 0.348. The van der Waals surface area contributed by atoms with Crippen LogP contribution in [0.4, 0.5) is 0 Å². The summed E-state index contributed by atoms with van der Waals surface area (Å²) >= 11 is 0. The van der Waals surface area contributed by atoms with Gasteiger partial charge >= 0.3 is 0 Å². The van der Waals surface area contributed by atoms with E-state index in [1.165, 1.54) is 25.9 Å². The van der Waals surface area contributed by atoms with Crippen LogP contribution in [-0.2, 0) is 0 Å². The average Bonchev–Trinajstić information content (AvgIpc) is 2.19. The van der Waals surface area contributed by atoms with E-state index in [4.69, 9.17) is 5.11 Å². The molecule has 1 heterocycles. The first-order valence-corrected chi connectivity index (χ1v) is 5.46. The molecule has 1 rings (SSSR count). The van der Waals surface area contributed by atoms with Crippen LogP contribution in [0.25, 0.3) is 0 Å². The van der Waals surface area contributed by atoms with Crippen LogP contribution in [0.1, 0.15) is 25.7 Å². The van der Waals surface area contributed by atoms with Crippen molar-refractivity contribution in [3.05, 3.63) is 0 Å². The first-order chi connectivity index (χ1) is 6.43. The van der Waals surface area contributed by atoms with Crippen molar-refractivity contribution in [1.82, 2.24) is 10.6 Å². The molecule has 1 aliphatic rings. The van der Waals surface area contributed by atoms with E-state index >= 15 is 0 Å². The largest absolute Gasteiger partial charge is 0.396 e. The van der Waals surface area contributed by atoms with Crippen molar-refractivity contribution in [3.8, 4) is 0 Å². The number of aliphatic hydroxyl groups excluding tert-OH is 1. The number of hydrogen-bond acceptors (Lipinski definition) is 3. The fourth-order valence-corrected chi connectivity index (χ4v) is 1.77. The zero-order valence-electron chi connectivity index (χ0n) is 8.39. The second kappa shape index (κ2) is 7.30. The molecule has 0 aromatic rings. The Hall–Kier alpha value is -0.120. The third kappa shape index (κ3) is 5.24. The number of unbranched alkanes of at least 4 members (excludes halogenated alkanes) is 1. The van der Waals surface area contributed by atoms with Gasteiger partial charge in [0, 0.05) is 6.61 Å². The van der Waals surface area contributed by atoms with Gasteiger partial charge in [0.15, 0.2) is 0 Å². The minimum Gasteiger partial charge on any atom is -0.396 e. The van der Waals surface area contributed by atoms with Gasteiger partial charge < -0.3 is 15.7 Å². The molecule has 1 atom stereocenters. The van der Waals surface area contributed by atoms with Gasteiger partial charge in [0.1, 0.15) is 0 Å². The summed E-state index contributed by atoms with van der Waals surface area (Å²) < 4.78 is 0. The van der Waals surface area contributed by atoms with Crippen LogP contribution >= 0.6 is 0 Å². The van der Waals surface area contributed by atoms with Crippen LogP contribution < -0.4 is 10.6 Å². The van der Waals surface area contributed by atoms with E-state index in [0.717, 1.165) is 31.8 Å². The molecular formula is C10H22N2O. The fraction of sp³-hybridized carbons (Fsp3) is 1.00. The van der Waals surface area contributed by atoms with Crippen molar-refractivity contribution in [1.29, 1.82) is 0 Å². The van der Waals surface area contributed by atoms with E-state index in [2.05, 4.69) is 10.6 Å². The number of nitrogens with one attached hydrogen (secondary N) is 2. The van der Waals surface area contributed by atoms with Crippen LogP contribution in [0, 0.1) is 5.92 Å². The maximum absolute atomic E-state index is 8.58. The molecule has 1 unspecified atom stereocenters. The molecule has 1 saturated heterocycles. The molecule has 0 aromatic carbocycles. The SMILES string of the molecule is OCCCCNCC1CCCNC1. The normalized spacial score (nSPS) is 23.3. The highest BCUT2D eigenvalue weighted by Gasteiger charge is 2.11. The van der Waals surface area contributed by atoms with Gasteiger partial charge in [-0.25, -0.2) is 0 Å². The zero-order chi connectivity index (χ0) is 9.36. The molecule has 78 valence electrons. The third-order valence-electron chi connectivity index (χ3n) is 2.59. The van der Waals surface area contributed by atoms with E-state index in [-0.39, 0.29) is 0 Å². The summed E-state index contributed by atoms with van der Waals surface area (Å²) in [6.45, 7) is 4.89. The predicted molar refractivity (Wildman–Crippen MR) is 54.8 cm³/mol. The highest BCUT2D eigenvalue weighted by Crippen LogP contribution is 2.07. The Labute approximate surface area is 80.9 Å². The quantitative estimate of drug-likeness (QED) is 0.524. The monoisotopic (exact) mass is 186 g/mol. The van der Waals surface area contributed by atoms with Gasteiger partial charge in [-0.15, -0.1) is 0 Å². The maximum Gasteiger partial charge on any atom is 0.0431 e. The molecule has 1 fully saturated rings. The van der Waals surface area contributed by atoms with Gasteiger partial charge in [-0.05, 0) is 57.8 Å². The molecule has 13 heavy (non-hydrogen) atoms. The molecule has 0 aliphatic carbocycles. The Morgan fingerprint density at radius 2 is 2.31 bits per heavy atom. The standard InChI is InChI=1S/C10H22N2O/c13-7-2-1-5-11-8-10-4-3-6-12-9-10/h10-13H,1-9H2. The summed E-state index contributed by atoms with van der Waals surface area (Å²) in [4.78, 5) is 0. The summed E-state index contributed by atoms with van der Waals surface area (Å²) in [7, 11) is 0. The molecule has 3 nitrogen and oxygen atoms in total. The molecule has 0 saturated carbocycles.